The number of nitrogens with one attached hydrogen (secondary N) is 2. The van der Waals surface area contributed by atoms with Gasteiger partial charge in [0.15, 0.2) is 0 Å². The molecule has 5 rings (SSSR count). The van der Waals surface area contributed by atoms with Crippen molar-refractivity contribution >= 4 is 27.8 Å². The van der Waals surface area contributed by atoms with E-state index < -0.39 is 0 Å². The molecule has 2 aromatic heterocycles. The molecule has 0 spiro atoms. The molecule has 0 unspecified atom stereocenters. The van der Waals surface area contributed by atoms with Crippen molar-refractivity contribution in [3.63, 3.8) is 0 Å². The van der Waals surface area contributed by atoms with Crippen LogP contribution in [0.15, 0.2) is 60.8 Å². The molecule has 0 atom stereocenters. The second-order valence-corrected chi connectivity index (χ2v) is 7.16. The van der Waals surface area contributed by atoms with Crippen LogP contribution in [0.3, 0.4) is 0 Å². The van der Waals surface area contributed by atoms with Crippen LogP contribution in [0.4, 0.5) is 5.95 Å². The number of anilines is 1. The standard InChI is InChI=1S/C22H23N5/c1-2-6-18-16(5-1)9-14-24-20(18)15-27-21-8-4-3-7-19(21)26-22(27)25-17-10-12-23-13-11-17/h1-9,14,17,23H,10-13,15H2,(H,25,26). The van der Waals surface area contributed by atoms with Crippen molar-refractivity contribution in [3.8, 4) is 0 Å². The molecule has 1 aliphatic heterocycles. The lowest BCUT2D eigenvalue weighted by atomic mass is 10.1. The summed E-state index contributed by atoms with van der Waals surface area (Å²) in [6, 6.07) is 19.3. The van der Waals surface area contributed by atoms with Gasteiger partial charge in [-0.3, -0.25) is 4.98 Å². The molecule has 0 amide bonds. The van der Waals surface area contributed by atoms with Gasteiger partial charge >= 0.3 is 0 Å². The minimum atomic E-state index is 0.460. The van der Waals surface area contributed by atoms with Crippen LogP contribution in [0.2, 0.25) is 0 Å². The molecule has 1 aliphatic rings. The second kappa shape index (κ2) is 7.00. The first-order valence-corrected chi connectivity index (χ1v) is 9.64. The summed E-state index contributed by atoms with van der Waals surface area (Å²) in [5.41, 5.74) is 3.24. The lowest BCUT2D eigenvalue weighted by Gasteiger charge is -2.24. The van der Waals surface area contributed by atoms with E-state index in [4.69, 9.17) is 9.97 Å². The number of pyridine rings is 1. The van der Waals surface area contributed by atoms with Gasteiger partial charge in [-0.15, -0.1) is 0 Å². The molecule has 3 heterocycles. The Kier molecular flexibility index (Phi) is 4.22. The molecule has 136 valence electrons. The van der Waals surface area contributed by atoms with Gasteiger partial charge in [0.1, 0.15) is 0 Å². The van der Waals surface area contributed by atoms with Gasteiger partial charge in [0.2, 0.25) is 5.95 Å². The highest BCUT2D eigenvalue weighted by molar-refractivity contribution is 5.85. The summed E-state index contributed by atoms with van der Waals surface area (Å²) in [6.07, 6.45) is 4.14. The summed E-state index contributed by atoms with van der Waals surface area (Å²) < 4.78 is 2.27. The number of hydrogen-bond acceptors (Lipinski definition) is 4. The molecular weight excluding hydrogens is 334 g/mol. The average Bonchev–Trinajstić information content (AvgIpc) is 3.06. The lowest BCUT2D eigenvalue weighted by molar-refractivity contribution is 0.476. The third-order valence-electron chi connectivity index (χ3n) is 5.39. The predicted octanol–water partition coefficient (Wildman–Crippen LogP) is 3.80. The molecule has 27 heavy (non-hydrogen) atoms. The first kappa shape index (κ1) is 16.3. The van der Waals surface area contributed by atoms with Crippen molar-refractivity contribution in [1.29, 1.82) is 0 Å². The van der Waals surface area contributed by atoms with E-state index in [1.165, 1.54) is 10.8 Å². The number of aromatic nitrogens is 3. The Morgan fingerprint density at radius 1 is 1.00 bits per heavy atom. The highest BCUT2D eigenvalue weighted by Crippen LogP contribution is 2.25. The van der Waals surface area contributed by atoms with Gasteiger partial charge in [0.25, 0.3) is 0 Å². The van der Waals surface area contributed by atoms with Crippen LogP contribution >= 0.6 is 0 Å². The molecular formula is C22H23N5. The lowest BCUT2D eigenvalue weighted by Crippen LogP contribution is -2.36. The van der Waals surface area contributed by atoms with Gasteiger partial charge in [-0.1, -0.05) is 36.4 Å². The maximum absolute atomic E-state index is 4.89. The molecule has 0 aliphatic carbocycles. The topological polar surface area (TPSA) is 54.8 Å². The van der Waals surface area contributed by atoms with Gasteiger partial charge in [-0.2, -0.15) is 0 Å². The van der Waals surface area contributed by atoms with Crippen LogP contribution in [0.25, 0.3) is 21.8 Å². The predicted molar refractivity (Wildman–Crippen MR) is 110 cm³/mol. The highest BCUT2D eigenvalue weighted by atomic mass is 15.2. The van der Waals surface area contributed by atoms with Crippen molar-refractivity contribution < 1.29 is 0 Å². The molecule has 5 nitrogen and oxygen atoms in total. The number of fused-ring (bicyclic) bond motifs is 2. The summed E-state index contributed by atoms with van der Waals surface area (Å²) in [5, 5.41) is 9.54. The average molecular weight is 357 g/mol. The molecule has 1 saturated heterocycles. The van der Waals surface area contributed by atoms with Gasteiger partial charge in [0, 0.05) is 17.6 Å². The first-order valence-electron chi connectivity index (χ1n) is 9.64. The second-order valence-electron chi connectivity index (χ2n) is 7.16. The van der Waals surface area contributed by atoms with Crippen molar-refractivity contribution in [2.45, 2.75) is 25.4 Å². The van der Waals surface area contributed by atoms with Gasteiger partial charge in [-0.25, -0.2) is 4.98 Å². The van der Waals surface area contributed by atoms with E-state index in [0.717, 1.165) is 48.6 Å². The Morgan fingerprint density at radius 3 is 2.74 bits per heavy atom. The fourth-order valence-electron chi connectivity index (χ4n) is 3.95. The maximum Gasteiger partial charge on any atom is 0.204 e. The van der Waals surface area contributed by atoms with E-state index in [2.05, 4.69) is 63.7 Å². The molecule has 2 aromatic carbocycles. The zero-order valence-electron chi connectivity index (χ0n) is 15.2. The molecule has 0 bridgehead atoms. The van der Waals surface area contributed by atoms with E-state index in [1.807, 2.05) is 12.3 Å². The van der Waals surface area contributed by atoms with Crippen LogP contribution in [-0.2, 0) is 6.54 Å². The summed E-state index contributed by atoms with van der Waals surface area (Å²) in [4.78, 5) is 9.58. The molecule has 2 N–H and O–H groups in total. The zero-order chi connectivity index (χ0) is 18.1. The largest absolute Gasteiger partial charge is 0.353 e. The van der Waals surface area contributed by atoms with Gasteiger partial charge in [0.05, 0.1) is 23.3 Å². The normalized spacial score (nSPS) is 15.4. The number of benzene rings is 2. The van der Waals surface area contributed by atoms with Crippen LogP contribution in [0.1, 0.15) is 18.5 Å². The van der Waals surface area contributed by atoms with Crippen LogP contribution in [0.5, 0.6) is 0 Å². The van der Waals surface area contributed by atoms with Gasteiger partial charge in [-0.05, 0) is 49.5 Å². The fraction of sp³-hybridized carbons (Fsp3) is 0.273. The zero-order valence-corrected chi connectivity index (χ0v) is 15.2. The SMILES string of the molecule is c1ccc2c(Cn3c(NC4CCNCC4)nc4ccccc43)nccc2c1. The highest BCUT2D eigenvalue weighted by Gasteiger charge is 2.18. The van der Waals surface area contributed by atoms with Crippen molar-refractivity contribution in [2.75, 3.05) is 18.4 Å². The number of imidazole rings is 1. The van der Waals surface area contributed by atoms with Crippen molar-refractivity contribution in [3.05, 3.63) is 66.5 Å². The van der Waals surface area contributed by atoms with Crippen LogP contribution < -0.4 is 10.6 Å². The third-order valence-corrected chi connectivity index (χ3v) is 5.39. The van der Waals surface area contributed by atoms with E-state index >= 15 is 0 Å². The minimum Gasteiger partial charge on any atom is -0.353 e. The monoisotopic (exact) mass is 357 g/mol. The Morgan fingerprint density at radius 2 is 1.81 bits per heavy atom. The summed E-state index contributed by atoms with van der Waals surface area (Å²) in [7, 11) is 0. The van der Waals surface area contributed by atoms with Gasteiger partial charge < -0.3 is 15.2 Å². The Labute approximate surface area is 158 Å². The molecule has 1 fully saturated rings. The Balaban J connectivity index is 1.57. The number of para-hydroxylation sites is 2. The van der Waals surface area contributed by atoms with Crippen LogP contribution in [-0.4, -0.2) is 33.7 Å². The number of piperidine rings is 1. The van der Waals surface area contributed by atoms with E-state index in [0.29, 0.717) is 12.6 Å². The molecule has 0 saturated carbocycles. The summed E-state index contributed by atoms with van der Waals surface area (Å²) in [6.45, 7) is 2.82. The van der Waals surface area contributed by atoms with Crippen molar-refractivity contribution in [2.24, 2.45) is 0 Å². The maximum atomic E-state index is 4.89. The molecule has 5 heteroatoms. The number of nitrogens with zero attached hydrogens (tertiary/aromatic N) is 3. The molecule has 0 radical (unpaired) electrons. The first-order chi connectivity index (χ1) is 13.4. The Bertz CT molecular complexity index is 1070. The van der Waals surface area contributed by atoms with E-state index in [-0.39, 0.29) is 0 Å². The Hall–Kier alpha value is -2.92. The number of rotatable bonds is 4. The van der Waals surface area contributed by atoms with E-state index in [9.17, 15) is 0 Å². The smallest absolute Gasteiger partial charge is 0.204 e. The third kappa shape index (κ3) is 3.15. The quantitative estimate of drug-likeness (QED) is 0.583. The summed E-state index contributed by atoms with van der Waals surface area (Å²) in [5.74, 6) is 0.942. The molecule has 4 aromatic rings. The number of hydrogen-bond donors (Lipinski definition) is 2. The minimum absolute atomic E-state index is 0.460. The van der Waals surface area contributed by atoms with Crippen molar-refractivity contribution in [1.82, 2.24) is 19.9 Å². The van der Waals surface area contributed by atoms with E-state index in [1.54, 1.807) is 0 Å². The summed E-state index contributed by atoms with van der Waals surface area (Å²) >= 11 is 0. The van der Waals surface area contributed by atoms with Crippen LogP contribution in [0, 0.1) is 0 Å². The fourth-order valence-corrected chi connectivity index (χ4v) is 3.95.